The number of nitrogens with one attached hydrogen (secondary N) is 1. The molecule has 29 heavy (non-hydrogen) atoms. The first-order valence-corrected chi connectivity index (χ1v) is 10.9. The lowest BCUT2D eigenvalue weighted by Crippen LogP contribution is -2.43. The predicted octanol–water partition coefficient (Wildman–Crippen LogP) is 3.67. The molecule has 1 aromatic heterocycles. The number of methoxy groups -OCH3 is 1. The molecule has 2 aliphatic rings. The summed E-state index contributed by atoms with van der Waals surface area (Å²) < 4.78 is 11.7. The Bertz CT molecular complexity index is 839. The van der Waals surface area contributed by atoms with E-state index in [1.165, 1.54) is 0 Å². The van der Waals surface area contributed by atoms with Crippen molar-refractivity contribution in [1.82, 2.24) is 14.8 Å². The number of benzene rings is 1. The number of piperidine rings is 2. The Balaban J connectivity index is 1.42. The summed E-state index contributed by atoms with van der Waals surface area (Å²) in [6.07, 6.45) is 4.52. The second-order valence-corrected chi connectivity index (χ2v) is 8.63. The van der Waals surface area contributed by atoms with Gasteiger partial charge in [0.05, 0.1) is 6.10 Å². The van der Waals surface area contributed by atoms with E-state index >= 15 is 0 Å². The van der Waals surface area contributed by atoms with Crippen LogP contribution in [0.5, 0.6) is 5.75 Å². The molecule has 0 saturated carbocycles. The molecule has 4 rings (SSSR count). The van der Waals surface area contributed by atoms with E-state index in [4.69, 9.17) is 9.47 Å². The molecule has 2 aromatic rings. The maximum atomic E-state index is 12.9. The first-order valence-electron chi connectivity index (χ1n) is 10.9. The van der Waals surface area contributed by atoms with Crippen molar-refractivity contribution in [3.63, 3.8) is 0 Å². The molecule has 1 atom stereocenters. The minimum Gasteiger partial charge on any atom is -0.490 e. The number of hydrogen-bond donors (Lipinski definition) is 1. The van der Waals surface area contributed by atoms with E-state index in [1.54, 1.807) is 7.11 Å². The van der Waals surface area contributed by atoms with E-state index < -0.39 is 0 Å². The highest BCUT2D eigenvalue weighted by atomic mass is 16.5. The highest BCUT2D eigenvalue weighted by Crippen LogP contribution is 2.26. The van der Waals surface area contributed by atoms with Crippen molar-refractivity contribution >= 4 is 16.8 Å². The number of carbonyl (C=O) groups is 1. The van der Waals surface area contributed by atoms with Crippen LogP contribution in [0.4, 0.5) is 0 Å². The van der Waals surface area contributed by atoms with Crippen molar-refractivity contribution in [2.24, 2.45) is 0 Å². The van der Waals surface area contributed by atoms with Crippen LogP contribution in [-0.4, -0.2) is 72.2 Å². The van der Waals surface area contributed by atoms with E-state index in [9.17, 15) is 4.79 Å². The largest absolute Gasteiger partial charge is 0.490 e. The summed E-state index contributed by atoms with van der Waals surface area (Å²) in [5, 5.41) is 1.02. The number of hydrogen-bond acceptors (Lipinski definition) is 4. The van der Waals surface area contributed by atoms with Crippen molar-refractivity contribution in [2.45, 2.75) is 57.8 Å². The highest BCUT2D eigenvalue weighted by Gasteiger charge is 2.26. The Labute approximate surface area is 173 Å². The number of ether oxygens (including phenoxy) is 2. The summed E-state index contributed by atoms with van der Waals surface area (Å²) in [6.45, 7) is 8.13. The van der Waals surface area contributed by atoms with Gasteiger partial charge in [-0.05, 0) is 63.8 Å². The molecule has 158 valence electrons. The minimum atomic E-state index is 0.0477. The number of aromatic nitrogens is 1. The second-order valence-electron chi connectivity index (χ2n) is 8.63. The van der Waals surface area contributed by atoms with Gasteiger partial charge >= 0.3 is 0 Å². The van der Waals surface area contributed by atoms with Crippen molar-refractivity contribution < 1.29 is 14.3 Å². The van der Waals surface area contributed by atoms with Gasteiger partial charge in [0, 0.05) is 50.2 Å². The summed E-state index contributed by atoms with van der Waals surface area (Å²) in [5.74, 6) is 0.933. The third-order valence-electron chi connectivity index (χ3n) is 6.33. The number of H-pyrrole nitrogens is 1. The summed E-state index contributed by atoms with van der Waals surface area (Å²) >= 11 is 0. The van der Waals surface area contributed by atoms with E-state index in [-0.39, 0.29) is 18.1 Å². The molecule has 0 spiro atoms. The number of carbonyl (C=O) groups excluding carboxylic acids is 1. The lowest BCUT2D eigenvalue weighted by Gasteiger charge is -2.34. The molecule has 0 radical (unpaired) electrons. The topological polar surface area (TPSA) is 57.8 Å². The van der Waals surface area contributed by atoms with Gasteiger partial charge in [-0.3, -0.25) is 4.79 Å². The van der Waals surface area contributed by atoms with Crippen LogP contribution in [0.3, 0.4) is 0 Å². The third-order valence-corrected chi connectivity index (χ3v) is 6.33. The first-order chi connectivity index (χ1) is 14.0. The number of likely N-dealkylation sites (tertiary alicyclic amines) is 2. The SMILES string of the molecule is COC1CCCN(C(=O)c2cc3cc(OC4CCN(C(C)C)CC4)ccc3[nH]2)C1. The van der Waals surface area contributed by atoms with Crippen LogP contribution in [0.1, 0.15) is 50.0 Å². The second kappa shape index (κ2) is 8.76. The molecule has 1 amide bonds. The molecular formula is C23H33N3O3. The normalized spacial score (nSPS) is 21.8. The van der Waals surface area contributed by atoms with Gasteiger partial charge in [0.25, 0.3) is 5.91 Å². The maximum absolute atomic E-state index is 12.9. The van der Waals surface area contributed by atoms with Gasteiger partial charge in [-0.15, -0.1) is 0 Å². The Morgan fingerprint density at radius 2 is 1.90 bits per heavy atom. The zero-order valence-electron chi connectivity index (χ0n) is 17.8. The van der Waals surface area contributed by atoms with Crippen LogP contribution in [0.2, 0.25) is 0 Å². The zero-order chi connectivity index (χ0) is 20.4. The molecule has 1 aromatic carbocycles. The molecule has 2 fully saturated rings. The molecule has 2 aliphatic heterocycles. The molecule has 6 heteroatoms. The van der Waals surface area contributed by atoms with Crippen molar-refractivity contribution in [2.75, 3.05) is 33.3 Å². The fourth-order valence-electron chi connectivity index (χ4n) is 4.49. The fraction of sp³-hybridized carbons (Fsp3) is 0.609. The molecule has 2 saturated heterocycles. The number of fused-ring (bicyclic) bond motifs is 1. The van der Waals surface area contributed by atoms with Gasteiger partial charge in [-0.2, -0.15) is 0 Å². The summed E-state index contributed by atoms with van der Waals surface area (Å²) in [4.78, 5) is 20.6. The van der Waals surface area contributed by atoms with E-state index in [2.05, 4.69) is 23.7 Å². The van der Waals surface area contributed by atoms with Crippen LogP contribution in [0.15, 0.2) is 24.3 Å². The van der Waals surface area contributed by atoms with Gasteiger partial charge in [0.15, 0.2) is 0 Å². The lowest BCUT2D eigenvalue weighted by molar-refractivity contribution is 0.0266. The van der Waals surface area contributed by atoms with Gasteiger partial charge in [0.2, 0.25) is 0 Å². The molecule has 1 N–H and O–H groups in total. The monoisotopic (exact) mass is 399 g/mol. The van der Waals surface area contributed by atoms with Crippen LogP contribution in [0.25, 0.3) is 10.9 Å². The average molecular weight is 400 g/mol. The summed E-state index contributed by atoms with van der Waals surface area (Å²) in [6, 6.07) is 8.61. The smallest absolute Gasteiger partial charge is 0.270 e. The fourth-order valence-corrected chi connectivity index (χ4v) is 4.49. The number of rotatable bonds is 5. The predicted molar refractivity (Wildman–Crippen MR) is 115 cm³/mol. The molecule has 0 bridgehead atoms. The van der Waals surface area contributed by atoms with Gasteiger partial charge < -0.3 is 24.3 Å². The highest BCUT2D eigenvalue weighted by molar-refractivity contribution is 5.98. The Morgan fingerprint density at radius 1 is 1.10 bits per heavy atom. The van der Waals surface area contributed by atoms with Gasteiger partial charge in [-0.1, -0.05) is 0 Å². The quantitative estimate of drug-likeness (QED) is 0.833. The van der Waals surface area contributed by atoms with Gasteiger partial charge in [0.1, 0.15) is 17.5 Å². The minimum absolute atomic E-state index is 0.0477. The zero-order valence-corrected chi connectivity index (χ0v) is 17.8. The Hall–Kier alpha value is -2.05. The van der Waals surface area contributed by atoms with Crippen LogP contribution < -0.4 is 4.74 Å². The number of amides is 1. The molecular weight excluding hydrogens is 366 g/mol. The van der Waals surface area contributed by atoms with Crippen molar-refractivity contribution in [1.29, 1.82) is 0 Å². The van der Waals surface area contributed by atoms with E-state index in [1.807, 2.05) is 29.2 Å². The third kappa shape index (κ3) is 4.59. The Kier molecular flexibility index (Phi) is 6.11. The number of nitrogens with zero attached hydrogens (tertiary/aromatic N) is 2. The standard InChI is InChI=1S/C23H33N3O3/c1-16(2)25-11-8-18(9-12-25)29-19-6-7-21-17(13-19)14-22(24-21)23(27)26-10-4-5-20(15-26)28-3/h6-7,13-14,16,18,20,24H,4-5,8-12,15H2,1-3H3. The van der Waals surface area contributed by atoms with Crippen LogP contribution >= 0.6 is 0 Å². The van der Waals surface area contributed by atoms with Gasteiger partial charge in [-0.25, -0.2) is 0 Å². The molecule has 6 nitrogen and oxygen atoms in total. The van der Waals surface area contributed by atoms with Crippen LogP contribution in [-0.2, 0) is 4.74 Å². The molecule has 0 aliphatic carbocycles. The summed E-state index contributed by atoms with van der Waals surface area (Å²) in [7, 11) is 1.72. The lowest BCUT2D eigenvalue weighted by atomic mass is 10.1. The molecule has 3 heterocycles. The summed E-state index contributed by atoms with van der Waals surface area (Å²) in [5.41, 5.74) is 1.61. The van der Waals surface area contributed by atoms with Crippen LogP contribution in [0, 0.1) is 0 Å². The van der Waals surface area contributed by atoms with E-state index in [0.29, 0.717) is 18.3 Å². The van der Waals surface area contributed by atoms with Crippen molar-refractivity contribution in [3.05, 3.63) is 30.0 Å². The van der Waals surface area contributed by atoms with Crippen molar-refractivity contribution in [3.8, 4) is 5.75 Å². The molecule has 1 unspecified atom stereocenters. The van der Waals surface area contributed by atoms with E-state index in [0.717, 1.165) is 62.0 Å². The first kappa shape index (κ1) is 20.2. The maximum Gasteiger partial charge on any atom is 0.270 e. The Morgan fingerprint density at radius 3 is 2.62 bits per heavy atom. The average Bonchev–Trinajstić information content (AvgIpc) is 3.17. The number of aromatic amines is 1.